The first kappa shape index (κ1) is 20.7. The fourth-order valence-electron chi connectivity index (χ4n) is 2.58. The molecule has 0 fully saturated rings. The van der Waals surface area contributed by atoms with Gasteiger partial charge in [-0.05, 0) is 41.5 Å². The molecule has 0 aliphatic heterocycles. The van der Waals surface area contributed by atoms with E-state index >= 15 is 0 Å². The van der Waals surface area contributed by atoms with Gasteiger partial charge < -0.3 is 25.8 Å². The Morgan fingerprint density at radius 2 is 1.70 bits per heavy atom. The van der Waals surface area contributed by atoms with Gasteiger partial charge in [-0.1, -0.05) is 24.3 Å². The fourth-order valence-corrected chi connectivity index (χ4v) is 2.58. The number of alkyl carbamates (subject to hydrolysis) is 1. The number of benzene rings is 2. The van der Waals surface area contributed by atoms with E-state index in [0.29, 0.717) is 16.9 Å². The van der Waals surface area contributed by atoms with Gasteiger partial charge in [0.2, 0.25) is 0 Å². The lowest BCUT2D eigenvalue weighted by Gasteiger charge is -2.09. The summed E-state index contributed by atoms with van der Waals surface area (Å²) in [6.45, 7) is 0.438. The number of anilines is 2. The second-order valence-electron chi connectivity index (χ2n) is 6.39. The quantitative estimate of drug-likeness (QED) is 0.554. The zero-order valence-electron chi connectivity index (χ0n) is 16.4. The van der Waals surface area contributed by atoms with Crippen molar-refractivity contribution >= 4 is 23.4 Å². The molecule has 30 heavy (non-hydrogen) atoms. The number of nitrogens with two attached hydrogens (primary N) is 1. The molecular weight excluding hydrogens is 384 g/mol. The predicted molar refractivity (Wildman–Crippen MR) is 113 cm³/mol. The van der Waals surface area contributed by atoms with Crippen LogP contribution in [-0.4, -0.2) is 24.1 Å². The van der Waals surface area contributed by atoms with Crippen LogP contribution in [0, 0.1) is 0 Å². The molecule has 8 heteroatoms. The van der Waals surface area contributed by atoms with Crippen LogP contribution < -0.4 is 21.1 Å². The number of hydrogen-bond donors (Lipinski definition) is 3. The van der Waals surface area contributed by atoms with Crippen molar-refractivity contribution < 1.29 is 19.1 Å². The molecule has 0 saturated carbocycles. The van der Waals surface area contributed by atoms with E-state index in [1.54, 1.807) is 55.8 Å². The monoisotopic (exact) mass is 406 g/mol. The molecule has 1 heterocycles. The SMILES string of the molecule is COc1ccc(COC(=O)NCc2ccc(C(=O)Nc3ccncc3N)cc2)cc1. The van der Waals surface area contributed by atoms with Crippen molar-refractivity contribution in [3.63, 3.8) is 0 Å². The number of nitrogens with zero attached hydrogens (tertiary/aromatic N) is 1. The maximum atomic E-state index is 12.3. The first-order valence-electron chi connectivity index (χ1n) is 9.18. The van der Waals surface area contributed by atoms with Crippen molar-refractivity contribution in [3.8, 4) is 5.75 Å². The molecule has 0 aliphatic carbocycles. The molecule has 2 aromatic carbocycles. The van der Waals surface area contributed by atoms with Crippen LogP contribution in [0.1, 0.15) is 21.5 Å². The smallest absolute Gasteiger partial charge is 0.407 e. The van der Waals surface area contributed by atoms with Crippen LogP contribution in [0.5, 0.6) is 5.75 Å². The summed E-state index contributed by atoms with van der Waals surface area (Å²) in [5.41, 5.74) is 8.82. The summed E-state index contributed by atoms with van der Waals surface area (Å²) in [5.74, 6) is 0.455. The van der Waals surface area contributed by atoms with Gasteiger partial charge in [0.05, 0.1) is 24.7 Å². The second-order valence-corrected chi connectivity index (χ2v) is 6.39. The van der Waals surface area contributed by atoms with E-state index in [1.807, 2.05) is 12.1 Å². The van der Waals surface area contributed by atoms with E-state index < -0.39 is 6.09 Å². The third-order valence-corrected chi connectivity index (χ3v) is 4.28. The largest absolute Gasteiger partial charge is 0.497 e. The number of nitrogen functional groups attached to an aromatic ring is 1. The average molecular weight is 406 g/mol. The molecule has 3 rings (SSSR count). The minimum atomic E-state index is -0.527. The number of hydrogen-bond acceptors (Lipinski definition) is 6. The van der Waals surface area contributed by atoms with Crippen molar-refractivity contribution in [2.75, 3.05) is 18.2 Å². The predicted octanol–water partition coefficient (Wildman–Crippen LogP) is 3.35. The number of rotatable bonds is 7. The highest BCUT2D eigenvalue weighted by Gasteiger charge is 2.09. The van der Waals surface area contributed by atoms with Crippen molar-refractivity contribution in [1.82, 2.24) is 10.3 Å². The molecule has 0 atom stereocenters. The maximum absolute atomic E-state index is 12.3. The number of methoxy groups -OCH3 is 1. The Morgan fingerprint density at radius 3 is 2.37 bits per heavy atom. The molecular formula is C22H22N4O4. The number of carbonyl (C=O) groups excluding carboxylic acids is 2. The highest BCUT2D eigenvalue weighted by Crippen LogP contribution is 2.17. The third kappa shape index (κ3) is 5.71. The molecule has 3 aromatic rings. The van der Waals surface area contributed by atoms with Gasteiger partial charge in [0.15, 0.2) is 0 Å². The molecule has 0 radical (unpaired) electrons. The lowest BCUT2D eigenvalue weighted by Crippen LogP contribution is -2.23. The van der Waals surface area contributed by atoms with E-state index in [-0.39, 0.29) is 19.1 Å². The normalized spacial score (nSPS) is 10.2. The number of ether oxygens (including phenoxy) is 2. The Morgan fingerprint density at radius 1 is 1.00 bits per heavy atom. The van der Waals surface area contributed by atoms with Crippen molar-refractivity contribution in [2.24, 2.45) is 0 Å². The minimum absolute atomic E-state index is 0.160. The number of pyridine rings is 1. The summed E-state index contributed by atoms with van der Waals surface area (Å²) in [6.07, 6.45) is 2.49. The van der Waals surface area contributed by atoms with Gasteiger partial charge in [-0.2, -0.15) is 0 Å². The molecule has 0 spiro atoms. The number of nitrogens with one attached hydrogen (secondary N) is 2. The number of aromatic nitrogens is 1. The van der Waals surface area contributed by atoms with Gasteiger partial charge in [0.25, 0.3) is 5.91 Å². The maximum Gasteiger partial charge on any atom is 0.407 e. The van der Waals surface area contributed by atoms with Crippen molar-refractivity contribution in [3.05, 3.63) is 83.7 Å². The van der Waals surface area contributed by atoms with Crippen LogP contribution in [0.25, 0.3) is 0 Å². The van der Waals surface area contributed by atoms with Crippen molar-refractivity contribution in [1.29, 1.82) is 0 Å². The second kappa shape index (κ2) is 9.92. The van der Waals surface area contributed by atoms with Gasteiger partial charge in [0, 0.05) is 18.3 Å². The molecule has 0 saturated heterocycles. The summed E-state index contributed by atoms with van der Waals surface area (Å²) >= 11 is 0. The Hall–Kier alpha value is -4.07. The molecule has 154 valence electrons. The third-order valence-electron chi connectivity index (χ3n) is 4.28. The van der Waals surface area contributed by atoms with Crippen LogP contribution >= 0.6 is 0 Å². The summed E-state index contributed by atoms with van der Waals surface area (Å²) in [7, 11) is 1.59. The lowest BCUT2D eigenvalue weighted by molar-refractivity contribution is 0.102. The Labute approximate surface area is 174 Å². The van der Waals surface area contributed by atoms with E-state index in [0.717, 1.165) is 16.9 Å². The lowest BCUT2D eigenvalue weighted by atomic mass is 10.1. The van der Waals surface area contributed by atoms with Crippen LogP contribution in [-0.2, 0) is 17.9 Å². The van der Waals surface area contributed by atoms with Gasteiger partial charge in [-0.25, -0.2) is 4.79 Å². The van der Waals surface area contributed by atoms with Crippen LogP contribution in [0.3, 0.4) is 0 Å². The molecule has 2 amide bonds. The van der Waals surface area contributed by atoms with Crippen LogP contribution in [0.15, 0.2) is 67.0 Å². The van der Waals surface area contributed by atoms with Gasteiger partial charge in [-0.15, -0.1) is 0 Å². The molecule has 8 nitrogen and oxygen atoms in total. The minimum Gasteiger partial charge on any atom is -0.497 e. The van der Waals surface area contributed by atoms with Gasteiger partial charge >= 0.3 is 6.09 Å². The molecule has 4 N–H and O–H groups in total. The summed E-state index contributed by atoms with van der Waals surface area (Å²) in [6, 6.07) is 15.8. The van der Waals surface area contributed by atoms with E-state index in [9.17, 15) is 9.59 Å². The van der Waals surface area contributed by atoms with Crippen molar-refractivity contribution in [2.45, 2.75) is 13.2 Å². The van der Waals surface area contributed by atoms with E-state index in [4.69, 9.17) is 15.2 Å². The Kier molecular flexibility index (Phi) is 6.83. The van der Waals surface area contributed by atoms with Crippen LogP contribution in [0.2, 0.25) is 0 Å². The zero-order chi connectivity index (χ0) is 21.3. The van der Waals surface area contributed by atoms with Gasteiger partial charge in [-0.3, -0.25) is 9.78 Å². The fraction of sp³-hybridized carbons (Fsp3) is 0.136. The topological polar surface area (TPSA) is 116 Å². The highest BCUT2D eigenvalue weighted by atomic mass is 16.5. The first-order valence-corrected chi connectivity index (χ1v) is 9.18. The summed E-state index contributed by atoms with van der Waals surface area (Å²) < 4.78 is 10.3. The highest BCUT2D eigenvalue weighted by molar-refractivity contribution is 6.05. The van der Waals surface area contributed by atoms with E-state index in [2.05, 4.69) is 15.6 Å². The summed E-state index contributed by atoms with van der Waals surface area (Å²) in [5, 5.41) is 5.41. The average Bonchev–Trinajstić information content (AvgIpc) is 2.78. The number of carbonyl (C=O) groups is 2. The standard InChI is InChI=1S/C22H22N4O4/c1-29-18-8-4-16(5-9-18)14-30-22(28)25-12-15-2-6-17(7-3-15)21(27)26-20-10-11-24-13-19(20)23/h2-11,13H,12,14,23H2,1H3,(H,25,28)(H,24,26,27). The Balaban J connectivity index is 1.46. The molecule has 0 unspecified atom stereocenters. The Bertz CT molecular complexity index is 1000. The van der Waals surface area contributed by atoms with Crippen LogP contribution in [0.4, 0.5) is 16.2 Å². The first-order chi connectivity index (χ1) is 14.5. The number of amides is 2. The van der Waals surface area contributed by atoms with E-state index in [1.165, 1.54) is 6.20 Å². The zero-order valence-corrected chi connectivity index (χ0v) is 16.4. The molecule has 0 bridgehead atoms. The molecule has 1 aromatic heterocycles. The molecule has 0 aliphatic rings. The summed E-state index contributed by atoms with van der Waals surface area (Å²) in [4.78, 5) is 28.1. The van der Waals surface area contributed by atoms with Gasteiger partial charge in [0.1, 0.15) is 12.4 Å².